The molecule has 5 heteroatoms. The van der Waals surface area contributed by atoms with Crippen molar-refractivity contribution in [2.45, 2.75) is 19.8 Å². The van der Waals surface area contributed by atoms with Gasteiger partial charge in [0.05, 0.1) is 5.39 Å². The summed E-state index contributed by atoms with van der Waals surface area (Å²) in [5.41, 5.74) is 1.71. The third-order valence-electron chi connectivity index (χ3n) is 3.46. The zero-order chi connectivity index (χ0) is 16.1. The van der Waals surface area contributed by atoms with E-state index in [0.29, 0.717) is 18.7 Å². The first kappa shape index (κ1) is 15.0. The van der Waals surface area contributed by atoms with Gasteiger partial charge in [0, 0.05) is 12.6 Å². The summed E-state index contributed by atoms with van der Waals surface area (Å²) in [5.74, 6) is 1.34. The van der Waals surface area contributed by atoms with Crippen molar-refractivity contribution in [3.8, 4) is 11.6 Å². The van der Waals surface area contributed by atoms with Crippen molar-refractivity contribution in [1.82, 2.24) is 15.0 Å². The number of allylic oxidation sites excluding steroid dienone is 2. The largest absolute Gasteiger partial charge is 0.438 e. The van der Waals surface area contributed by atoms with Crippen LogP contribution in [0.15, 0.2) is 55.0 Å². The van der Waals surface area contributed by atoms with Crippen molar-refractivity contribution < 1.29 is 9.53 Å². The van der Waals surface area contributed by atoms with E-state index in [1.54, 1.807) is 6.08 Å². The molecule has 5 nitrogen and oxygen atoms in total. The molecule has 0 aliphatic carbocycles. The standard InChI is InChI=1S/C18H17N3O2/c1-2-14(22)8-6-7-13-11-19-17-16(13)18(21-12-20-17)23-15-9-4-3-5-10-15/h3-6,8-12H,2,7H2,1H3,(H,19,20,21)/b8-6+. The molecule has 0 bridgehead atoms. The molecule has 116 valence electrons. The van der Waals surface area contributed by atoms with Crippen molar-refractivity contribution in [3.05, 3.63) is 60.6 Å². The van der Waals surface area contributed by atoms with E-state index in [-0.39, 0.29) is 5.78 Å². The van der Waals surface area contributed by atoms with Crippen LogP contribution in [0, 0.1) is 0 Å². The van der Waals surface area contributed by atoms with Crippen LogP contribution in [0.3, 0.4) is 0 Å². The Morgan fingerprint density at radius 2 is 2.09 bits per heavy atom. The van der Waals surface area contributed by atoms with Crippen LogP contribution < -0.4 is 4.74 Å². The Morgan fingerprint density at radius 1 is 1.26 bits per heavy atom. The molecule has 0 aliphatic heterocycles. The van der Waals surface area contributed by atoms with Crippen LogP contribution in [0.2, 0.25) is 0 Å². The number of ketones is 1. The Morgan fingerprint density at radius 3 is 2.87 bits per heavy atom. The summed E-state index contributed by atoms with van der Waals surface area (Å²) in [6.07, 6.45) is 7.93. The number of nitrogens with one attached hydrogen (secondary N) is 1. The second-order valence-corrected chi connectivity index (χ2v) is 5.06. The van der Waals surface area contributed by atoms with Crippen molar-refractivity contribution >= 4 is 16.8 Å². The van der Waals surface area contributed by atoms with E-state index in [1.807, 2.05) is 49.5 Å². The van der Waals surface area contributed by atoms with E-state index in [9.17, 15) is 4.79 Å². The number of benzene rings is 1. The lowest BCUT2D eigenvalue weighted by molar-refractivity contribution is -0.114. The number of carbonyl (C=O) groups is 1. The number of hydrogen-bond donors (Lipinski definition) is 1. The van der Waals surface area contributed by atoms with E-state index in [2.05, 4.69) is 15.0 Å². The van der Waals surface area contributed by atoms with Gasteiger partial charge in [0.2, 0.25) is 5.88 Å². The number of hydrogen-bond acceptors (Lipinski definition) is 4. The number of carbonyl (C=O) groups excluding carboxylic acids is 1. The van der Waals surface area contributed by atoms with Gasteiger partial charge in [-0.3, -0.25) is 4.79 Å². The van der Waals surface area contributed by atoms with Crippen LogP contribution in [0.1, 0.15) is 18.9 Å². The number of nitrogens with zero attached hydrogens (tertiary/aromatic N) is 2. The summed E-state index contributed by atoms with van der Waals surface area (Å²) >= 11 is 0. The molecule has 0 radical (unpaired) electrons. The first-order valence-corrected chi connectivity index (χ1v) is 7.51. The molecule has 0 saturated heterocycles. The van der Waals surface area contributed by atoms with Gasteiger partial charge in [0.25, 0.3) is 0 Å². The summed E-state index contributed by atoms with van der Waals surface area (Å²) in [4.78, 5) is 23.0. The lowest BCUT2D eigenvalue weighted by Crippen LogP contribution is -1.92. The third kappa shape index (κ3) is 3.45. The van der Waals surface area contributed by atoms with Crippen LogP contribution in [-0.2, 0) is 11.2 Å². The highest BCUT2D eigenvalue weighted by molar-refractivity contribution is 5.89. The molecule has 1 N–H and O–H groups in total. The topological polar surface area (TPSA) is 67.9 Å². The molecule has 2 heterocycles. The SMILES string of the molecule is CCC(=O)/C=C/Cc1c[nH]c2ncnc(Oc3ccccc3)c12. The van der Waals surface area contributed by atoms with Gasteiger partial charge in [-0.1, -0.05) is 31.2 Å². The highest BCUT2D eigenvalue weighted by Crippen LogP contribution is 2.29. The zero-order valence-corrected chi connectivity index (χ0v) is 12.8. The van der Waals surface area contributed by atoms with Gasteiger partial charge in [-0.05, 0) is 30.2 Å². The van der Waals surface area contributed by atoms with Gasteiger partial charge in [0.1, 0.15) is 17.7 Å². The summed E-state index contributed by atoms with van der Waals surface area (Å²) in [7, 11) is 0. The Kier molecular flexibility index (Phi) is 4.47. The smallest absolute Gasteiger partial charge is 0.232 e. The monoisotopic (exact) mass is 307 g/mol. The predicted molar refractivity (Wildman–Crippen MR) is 88.5 cm³/mol. The highest BCUT2D eigenvalue weighted by atomic mass is 16.5. The van der Waals surface area contributed by atoms with Crippen LogP contribution in [0.5, 0.6) is 11.6 Å². The molecule has 2 aromatic heterocycles. The lowest BCUT2D eigenvalue weighted by atomic mass is 10.1. The van der Waals surface area contributed by atoms with Gasteiger partial charge in [-0.15, -0.1) is 0 Å². The summed E-state index contributed by atoms with van der Waals surface area (Å²) in [6, 6.07) is 9.50. The van der Waals surface area contributed by atoms with Gasteiger partial charge >= 0.3 is 0 Å². The maximum Gasteiger partial charge on any atom is 0.232 e. The average Bonchev–Trinajstić information content (AvgIpc) is 3.00. The second kappa shape index (κ2) is 6.87. The molecule has 0 aliphatic rings. The molecule has 0 unspecified atom stereocenters. The third-order valence-corrected chi connectivity index (χ3v) is 3.46. The Hall–Kier alpha value is -2.95. The fourth-order valence-corrected chi connectivity index (χ4v) is 2.27. The number of aromatic amines is 1. The molecule has 0 amide bonds. The Balaban J connectivity index is 1.91. The normalized spacial score (nSPS) is 11.2. The zero-order valence-electron chi connectivity index (χ0n) is 12.8. The van der Waals surface area contributed by atoms with E-state index in [1.165, 1.54) is 6.33 Å². The van der Waals surface area contributed by atoms with Crippen molar-refractivity contribution in [3.63, 3.8) is 0 Å². The van der Waals surface area contributed by atoms with E-state index in [4.69, 9.17) is 4.74 Å². The predicted octanol–water partition coefficient (Wildman–Crippen LogP) is 3.83. The van der Waals surface area contributed by atoms with Gasteiger partial charge in [0.15, 0.2) is 5.78 Å². The fraction of sp³-hybridized carbons (Fsp3) is 0.167. The molecule has 23 heavy (non-hydrogen) atoms. The average molecular weight is 307 g/mol. The molecule has 0 spiro atoms. The Labute approximate surface area is 134 Å². The van der Waals surface area contributed by atoms with E-state index >= 15 is 0 Å². The van der Waals surface area contributed by atoms with E-state index < -0.39 is 0 Å². The van der Waals surface area contributed by atoms with Crippen molar-refractivity contribution in [1.29, 1.82) is 0 Å². The van der Waals surface area contributed by atoms with Crippen molar-refractivity contribution in [2.75, 3.05) is 0 Å². The Bertz CT molecular complexity index is 838. The number of ether oxygens (including phenoxy) is 1. The number of aromatic nitrogens is 3. The molecule has 0 fully saturated rings. The first-order valence-electron chi connectivity index (χ1n) is 7.51. The molecule has 0 atom stereocenters. The van der Waals surface area contributed by atoms with Gasteiger partial charge < -0.3 is 9.72 Å². The van der Waals surface area contributed by atoms with E-state index in [0.717, 1.165) is 22.3 Å². The summed E-state index contributed by atoms with van der Waals surface area (Å²) < 4.78 is 5.88. The number of H-pyrrole nitrogens is 1. The lowest BCUT2D eigenvalue weighted by Gasteiger charge is -2.06. The summed E-state index contributed by atoms with van der Waals surface area (Å²) in [6.45, 7) is 1.85. The number of para-hydroxylation sites is 1. The second-order valence-electron chi connectivity index (χ2n) is 5.06. The van der Waals surface area contributed by atoms with Gasteiger partial charge in [-0.25, -0.2) is 9.97 Å². The van der Waals surface area contributed by atoms with Crippen LogP contribution in [0.4, 0.5) is 0 Å². The van der Waals surface area contributed by atoms with Crippen LogP contribution in [-0.4, -0.2) is 20.7 Å². The van der Waals surface area contributed by atoms with Crippen LogP contribution >= 0.6 is 0 Å². The first-order chi connectivity index (χ1) is 11.3. The number of fused-ring (bicyclic) bond motifs is 1. The summed E-state index contributed by atoms with van der Waals surface area (Å²) in [5, 5.41) is 0.838. The molecule has 1 aromatic carbocycles. The fourth-order valence-electron chi connectivity index (χ4n) is 2.27. The minimum atomic E-state index is 0.113. The molecule has 3 aromatic rings. The molecule has 3 rings (SSSR count). The van der Waals surface area contributed by atoms with Crippen LogP contribution in [0.25, 0.3) is 11.0 Å². The maximum atomic E-state index is 11.4. The minimum absolute atomic E-state index is 0.113. The number of rotatable bonds is 6. The van der Waals surface area contributed by atoms with Crippen molar-refractivity contribution in [2.24, 2.45) is 0 Å². The molecular weight excluding hydrogens is 290 g/mol. The minimum Gasteiger partial charge on any atom is -0.438 e. The molecular formula is C18H17N3O2. The van der Waals surface area contributed by atoms with Gasteiger partial charge in [-0.2, -0.15) is 0 Å². The molecule has 0 saturated carbocycles. The quantitative estimate of drug-likeness (QED) is 0.703. The maximum absolute atomic E-state index is 11.4. The highest BCUT2D eigenvalue weighted by Gasteiger charge is 2.12.